The zero-order valence-corrected chi connectivity index (χ0v) is 62.2. The van der Waals surface area contributed by atoms with E-state index in [9.17, 15) is 0 Å². The van der Waals surface area contributed by atoms with E-state index in [1.54, 1.807) is 0 Å². The quantitative estimate of drug-likeness (QED) is 0.300. The molecule has 0 unspecified atom stereocenters. The zero-order chi connectivity index (χ0) is 0. The fraction of sp³-hybridized carbons (Fsp3) is 0. The van der Waals surface area contributed by atoms with Crippen LogP contribution in [0.25, 0.3) is 0 Å². The fourth-order valence-electron chi connectivity index (χ4n) is 0. The van der Waals surface area contributed by atoms with Crippen molar-refractivity contribution in [2.45, 2.75) is 0 Å². The standard InChI is InChI=1S/Ce.Co.Cr.Cu.Dy.Er.Eu.Fe.Gd.Ho.Mn.Nd.Ni.Np.Pm.Pr.Pu.Sc.Sm.Tb.Ti.Tm.U.V/q+3;+2;+3;+2;3*+3;+2;2*+3;+2;+3;+2;;;+3;;3*+3;+4;+3;+4;. The van der Waals surface area contributed by atoms with Crippen LogP contribution in [0.2, 0.25) is 0 Å². The van der Waals surface area contributed by atoms with E-state index < -0.39 is 0 Å². The van der Waals surface area contributed by atoms with Gasteiger partial charge < -0.3 is 0 Å². The zero-order valence-electron chi connectivity index (χ0n) is 9.65. The van der Waals surface area contributed by atoms with Gasteiger partial charge in [-0.2, -0.15) is 0 Å². The van der Waals surface area contributed by atoms with Crippen molar-refractivity contribution in [2.24, 2.45) is 0 Å². The fourth-order valence-corrected chi connectivity index (χ4v) is 0. The summed E-state index contributed by atoms with van der Waals surface area (Å²) in [7, 11) is 0. The molecule has 0 rings (SSSR count). The maximum absolute atomic E-state index is 0. The maximum atomic E-state index is 0. The average molecular weight is 3060 g/mol. The molecule has 0 bridgehead atoms. The van der Waals surface area contributed by atoms with Crippen LogP contribution in [0.15, 0.2) is 0 Å². The van der Waals surface area contributed by atoms with Gasteiger partial charge in [0.05, 0.1) is 0 Å². The van der Waals surface area contributed by atoms with E-state index in [0.29, 0.717) is 0 Å². The van der Waals surface area contributed by atoms with Gasteiger partial charge in [0.15, 0.2) is 0 Å². The Hall–Kier alpha value is 24.3. The molecule has 0 aliphatic heterocycles. The van der Waals surface area contributed by atoms with Gasteiger partial charge in [-0.1, -0.05) is 0 Å². The molecule has 24 heteroatoms. The topological polar surface area (TPSA) is 0 Å². The summed E-state index contributed by atoms with van der Waals surface area (Å²) < 4.78 is 0. The van der Waals surface area contributed by atoms with Gasteiger partial charge in [0, 0.05) is 118 Å². The van der Waals surface area contributed by atoms with E-state index in [4.69, 9.17) is 0 Å². The van der Waals surface area contributed by atoms with Gasteiger partial charge in [0.2, 0.25) is 0 Å². The Morgan fingerprint density at radius 2 is 1.00 bits per heavy atom. The van der Waals surface area contributed by atoms with E-state index in [2.05, 4.69) is 0 Å². The van der Waals surface area contributed by atoms with Crippen molar-refractivity contribution < 1.29 is 741 Å². The van der Waals surface area contributed by atoms with Gasteiger partial charge in [-0.05, 0) is 0 Å². The summed E-state index contributed by atoms with van der Waals surface area (Å²) in [5, 5.41) is 0. The second-order valence-corrected chi connectivity index (χ2v) is 0. The second kappa shape index (κ2) is 172. The molecule has 0 aromatic rings. The summed E-state index contributed by atoms with van der Waals surface area (Å²) in [6.45, 7) is 0. The number of hydrogen-bond acceptors (Lipinski definition) is 0. The summed E-state index contributed by atoms with van der Waals surface area (Å²) in [5.41, 5.74) is 0. The van der Waals surface area contributed by atoms with Gasteiger partial charge in [-0.3, -0.25) is 0 Å². The van der Waals surface area contributed by atoms with Crippen LogP contribution in [0.1, 0.15) is 0 Å². The van der Waals surface area contributed by atoms with Gasteiger partial charge in [-0.15, -0.1) is 0 Å². The molecule has 13 radical (unpaired) electrons. The Bertz CT molecular complexity index is 110. The van der Waals surface area contributed by atoms with Crippen molar-refractivity contribution in [3.63, 3.8) is 0 Å². The Labute approximate surface area is 712 Å². The van der Waals surface area contributed by atoms with Crippen molar-refractivity contribution >= 4 is 0 Å². The minimum absolute atomic E-state index is 0. The average Bonchev–Trinajstić information content (AvgIpc) is 0. The molecule has 0 aromatic carbocycles. The number of hydrogen-bond donors (Lipinski definition) is 0. The predicted octanol–water partition coefficient (Wildman–Crippen LogP) is -0.0225. The molecule has 24 heavy (non-hydrogen) atoms. The molecule has 0 fully saturated rings. The maximum Gasteiger partial charge on any atom is 4.00 e. The van der Waals surface area contributed by atoms with Gasteiger partial charge in [-0.25, -0.2) is 0 Å². The first-order valence-corrected chi connectivity index (χ1v) is 0. The molecule has 0 heterocycles. The summed E-state index contributed by atoms with van der Waals surface area (Å²) in [6.07, 6.45) is 0. The van der Waals surface area contributed by atoms with Crippen LogP contribution in [-0.2, 0) is 168 Å². The van der Waals surface area contributed by atoms with E-state index >= 15 is 0 Å². The smallest absolute Gasteiger partial charge is 0 e. The van der Waals surface area contributed by atoms with E-state index in [-0.39, 0.29) is 741 Å². The molecule has 0 atom stereocenters. The van der Waals surface area contributed by atoms with Crippen LogP contribution in [-0.4, -0.2) is 0 Å². The third kappa shape index (κ3) is 161. The molecule has 0 spiro atoms. The Morgan fingerprint density at radius 3 is 1.00 bits per heavy atom. The van der Waals surface area contributed by atoms with Crippen LogP contribution < -0.4 is 0 Å². The van der Waals surface area contributed by atoms with Crippen LogP contribution in [0.4, 0.5) is 0 Å². The Balaban J connectivity index is 0. The molecular weight excluding hydrogens is 3060 g/mol. The molecular formula is CeCoCrCuDyErEuFeGdHoMnNdNiNpPmPrPuScSmTbTiTmUV+57. The van der Waals surface area contributed by atoms with Crippen LogP contribution in [0.3, 0.4) is 0 Å². The van der Waals surface area contributed by atoms with Crippen molar-refractivity contribution in [1.29, 1.82) is 0 Å². The molecule has 0 nitrogen and oxygen atoms in total. The molecule has 0 saturated carbocycles. The Morgan fingerprint density at radius 1 is 1.00 bits per heavy atom. The third-order valence-corrected chi connectivity index (χ3v) is 0. The molecule has 113 valence electrons. The van der Waals surface area contributed by atoms with Gasteiger partial charge in [0.25, 0.3) is 0 Å². The van der Waals surface area contributed by atoms with E-state index in [1.807, 2.05) is 0 Å². The first-order valence-electron chi connectivity index (χ1n) is 0. The molecule has 0 amide bonds. The largest absolute Gasteiger partial charge is 4.00 e. The first kappa shape index (κ1) is 183. The van der Waals surface area contributed by atoms with Crippen molar-refractivity contribution in [2.75, 3.05) is 0 Å². The van der Waals surface area contributed by atoms with Crippen LogP contribution in [0, 0.1) is 573 Å². The second-order valence-electron chi connectivity index (χ2n) is 0. The summed E-state index contributed by atoms with van der Waals surface area (Å²) in [5.74, 6) is 0. The summed E-state index contributed by atoms with van der Waals surface area (Å²) >= 11 is 0. The van der Waals surface area contributed by atoms with Crippen molar-refractivity contribution in [3.05, 3.63) is 0 Å². The first-order chi connectivity index (χ1) is 0. The van der Waals surface area contributed by atoms with Crippen molar-refractivity contribution in [1.82, 2.24) is 0 Å². The Kier molecular flexibility index (Phi) is 1310. The molecule has 0 saturated heterocycles. The normalized spacial score (nSPS) is 0. The third-order valence-electron chi connectivity index (χ3n) is 0. The summed E-state index contributed by atoms with van der Waals surface area (Å²) in [6, 6.07) is 0. The monoisotopic (exact) mass is 3050 g/mol. The minimum Gasteiger partial charge on any atom is 0 e. The molecule has 0 aromatic heterocycles. The molecule has 0 aliphatic rings. The predicted molar refractivity (Wildman–Crippen MR) is 0 cm³/mol. The van der Waals surface area contributed by atoms with Crippen molar-refractivity contribution in [3.8, 4) is 0 Å². The van der Waals surface area contributed by atoms with Crippen LogP contribution >= 0.6 is 0 Å². The van der Waals surface area contributed by atoms with E-state index in [0.717, 1.165) is 0 Å². The summed E-state index contributed by atoms with van der Waals surface area (Å²) in [4.78, 5) is 0. The molecule has 0 N–H and O–H groups in total. The SMILES string of the molecule is [Ce+3].[Co+2].[Cr+3].[Cu+2].[Dy+3].[Er+3].[Eu+3].[Fe+2].[Gd+3].[Ho+3].[Mn+2].[Nd+3].[Ni+2].[Np].[Pm].[Pr+3].[Pu].[Sc+3].[Sm+3].[Tb+3].[Ti+4].[Tm+3].[U+4].[V]. The van der Waals surface area contributed by atoms with Gasteiger partial charge in [0.1, 0.15) is 0 Å². The van der Waals surface area contributed by atoms with Gasteiger partial charge >= 0.3 is 623 Å². The minimum atomic E-state index is 0. The van der Waals surface area contributed by atoms with Crippen LogP contribution in [0.5, 0.6) is 0 Å². The molecule has 0 aliphatic carbocycles. The number of rotatable bonds is 0. The van der Waals surface area contributed by atoms with E-state index in [1.165, 1.54) is 0 Å².